The van der Waals surface area contributed by atoms with Crippen LogP contribution in [0.25, 0.3) is 0 Å². The van der Waals surface area contributed by atoms with Gasteiger partial charge in [-0.3, -0.25) is 9.59 Å². The van der Waals surface area contributed by atoms with E-state index in [-0.39, 0.29) is 35.2 Å². The Morgan fingerprint density at radius 1 is 1.00 bits per heavy atom. The Kier molecular flexibility index (Phi) is 6.84. The Labute approximate surface area is 170 Å². The van der Waals surface area contributed by atoms with Gasteiger partial charge in [-0.05, 0) is 62.1 Å². The van der Waals surface area contributed by atoms with Crippen molar-refractivity contribution in [3.63, 3.8) is 0 Å². The van der Waals surface area contributed by atoms with E-state index < -0.39 is 11.5 Å². The largest absolute Gasteiger partial charge is 0.459 e. The zero-order valence-corrected chi connectivity index (χ0v) is 17.5. The normalized spacial score (nSPS) is 11.6. The summed E-state index contributed by atoms with van der Waals surface area (Å²) in [6.07, 6.45) is 2.19. The standard InChI is InChI=1S/C22H28N2O5/c1-21(2,3)14-22(4,5)24-18(25)13-29-20(27)15-8-10-16(11-9-15)23-19(26)17-7-6-12-28-17/h6-12H,13-14H2,1-5H3,(H,23,26)(H,24,25). The Morgan fingerprint density at radius 2 is 1.66 bits per heavy atom. The molecule has 0 saturated heterocycles. The average molecular weight is 400 g/mol. The van der Waals surface area contributed by atoms with Crippen molar-refractivity contribution in [2.24, 2.45) is 5.41 Å². The fraction of sp³-hybridized carbons (Fsp3) is 0.409. The van der Waals surface area contributed by atoms with Gasteiger partial charge in [-0.25, -0.2) is 4.79 Å². The molecule has 7 heteroatoms. The van der Waals surface area contributed by atoms with Crippen LogP contribution in [0.15, 0.2) is 47.1 Å². The highest BCUT2D eigenvalue weighted by Gasteiger charge is 2.27. The van der Waals surface area contributed by atoms with Crippen LogP contribution in [0.1, 0.15) is 62.0 Å². The molecule has 0 unspecified atom stereocenters. The lowest BCUT2D eigenvalue weighted by atomic mass is 9.82. The fourth-order valence-corrected chi connectivity index (χ4v) is 3.29. The SMILES string of the molecule is CC(C)(C)CC(C)(C)NC(=O)COC(=O)c1ccc(NC(=O)c2ccco2)cc1. The molecule has 0 saturated carbocycles. The van der Waals surface area contributed by atoms with Gasteiger partial charge in [0.05, 0.1) is 11.8 Å². The smallest absolute Gasteiger partial charge is 0.338 e. The molecule has 0 radical (unpaired) electrons. The topological polar surface area (TPSA) is 97.6 Å². The van der Waals surface area contributed by atoms with E-state index in [1.807, 2.05) is 13.8 Å². The quantitative estimate of drug-likeness (QED) is 0.684. The van der Waals surface area contributed by atoms with Crippen LogP contribution in [0.4, 0.5) is 5.69 Å². The number of carbonyl (C=O) groups excluding carboxylic acids is 3. The highest BCUT2D eigenvalue weighted by Crippen LogP contribution is 2.26. The van der Waals surface area contributed by atoms with E-state index >= 15 is 0 Å². The predicted octanol–water partition coefficient (Wildman–Crippen LogP) is 4.02. The Bertz CT molecular complexity index is 846. The van der Waals surface area contributed by atoms with E-state index in [9.17, 15) is 14.4 Å². The molecule has 1 heterocycles. The summed E-state index contributed by atoms with van der Waals surface area (Å²) < 4.78 is 10.1. The fourth-order valence-electron chi connectivity index (χ4n) is 3.29. The second kappa shape index (κ2) is 8.94. The first-order valence-electron chi connectivity index (χ1n) is 9.38. The Balaban J connectivity index is 1.84. The number of anilines is 1. The van der Waals surface area contributed by atoms with Crippen LogP contribution in [0.2, 0.25) is 0 Å². The number of furan rings is 1. The maximum Gasteiger partial charge on any atom is 0.338 e. The highest BCUT2D eigenvalue weighted by molar-refractivity contribution is 6.02. The summed E-state index contributed by atoms with van der Waals surface area (Å²) in [7, 11) is 0. The van der Waals surface area contributed by atoms with Crippen molar-refractivity contribution in [2.75, 3.05) is 11.9 Å². The highest BCUT2D eigenvalue weighted by atomic mass is 16.5. The van der Waals surface area contributed by atoms with Gasteiger partial charge in [0.2, 0.25) is 0 Å². The van der Waals surface area contributed by atoms with Crippen molar-refractivity contribution in [3.8, 4) is 0 Å². The van der Waals surface area contributed by atoms with Crippen LogP contribution in [0, 0.1) is 5.41 Å². The molecule has 156 valence electrons. The molecule has 2 N–H and O–H groups in total. The van der Waals surface area contributed by atoms with Crippen molar-refractivity contribution in [3.05, 3.63) is 54.0 Å². The monoisotopic (exact) mass is 400 g/mol. The van der Waals surface area contributed by atoms with Crippen molar-refractivity contribution < 1.29 is 23.5 Å². The third kappa shape index (κ3) is 7.44. The zero-order valence-electron chi connectivity index (χ0n) is 17.5. The molecule has 7 nitrogen and oxygen atoms in total. The molecule has 0 atom stereocenters. The van der Waals surface area contributed by atoms with E-state index in [0.717, 1.165) is 6.42 Å². The van der Waals surface area contributed by atoms with Crippen molar-refractivity contribution in [1.29, 1.82) is 0 Å². The first-order chi connectivity index (χ1) is 13.5. The molecule has 1 aromatic carbocycles. The molecule has 29 heavy (non-hydrogen) atoms. The maximum atomic E-state index is 12.2. The first kappa shape index (κ1) is 22.2. The molecule has 0 aliphatic heterocycles. The number of amides is 2. The molecular formula is C22H28N2O5. The van der Waals surface area contributed by atoms with Crippen molar-refractivity contribution in [2.45, 2.75) is 46.6 Å². The number of nitrogens with one attached hydrogen (secondary N) is 2. The van der Waals surface area contributed by atoms with Gasteiger partial charge in [-0.2, -0.15) is 0 Å². The molecule has 0 aliphatic rings. The van der Waals surface area contributed by atoms with E-state index in [2.05, 4.69) is 31.4 Å². The minimum atomic E-state index is -0.613. The van der Waals surface area contributed by atoms with Crippen LogP contribution in [0.3, 0.4) is 0 Å². The Morgan fingerprint density at radius 3 is 2.21 bits per heavy atom. The van der Waals surface area contributed by atoms with Crippen LogP contribution >= 0.6 is 0 Å². The number of hydrogen-bond acceptors (Lipinski definition) is 5. The lowest BCUT2D eigenvalue weighted by Gasteiger charge is -2.33. The number of benzene rings is 1. The first-order valence-corrected chi connectivity index (χ1v) is 9.38. The summed E-state index contributed by atoms with van der Waals surface area (Å²) >= 11 is 0. The zero-order chi connectivity index (χ0) is 21.7. The second-order valence-corrected chi connectivity index (χ2v) is 8.75. The van der Waals surface area contributed by atoms with Gasteiger partial charge < -0.3 is 19.8 Å². The minimum absolute atomic E-state index is 0.0571. The van der Waals surface area contributed by atoms with Gasteiger partial charge in [-0.1, -0.05) is 20.8 Å². The third-order valence-corrected chi connectivity index (χ3v) is 3.91. The van der Waals surface area contributed by atoms with E-state index in [1.165, 1.54) is 18.4 Å². The van der Waals surface area contributed by atoms with Gasteiger partial charge in [0.25, 0.3) is 11.8 Å². The maximum absolute atomic E-state index is 12.2. The summed E-state index contributed by atoms with van der Waals surface area (Å²) in [6.45, 7) is 9.82. The summed E-state index contributed by atoms with van der Waals surface area (Å²) in [5.74, 6) is -1.17. The van der Waals surface area contributed by atoms with Crippen molar-refractivity contribution >= 4 is 23.5 Å². The van der Waals surface area contributed by atoms with Gasteiger partial charge in [0.1, 0.15) is 0 Å². The summed E-state index contributed by atoms with van der Waals surface area (Å²) in [4.78, 5) is 36.2. The third-order valence-electron chi connectivity index (χ3n) is 3.91. The molecule has 1 aromatic heterocycles. The average Bonchev–Trinajstić information content (AvgIpc) is 3.12. The van der Waals surface area contributed by atoms with E-state index in [1.54, 1.807) is 24.3 Å². The summed E-state index contributed by atoms with van der Waals surface area (Å²) in [5, 5.41) is 5.55. The summed E-state index contributed by atoms with van der Waals surface area (Å²) in [5.41, 5.74) is 0.435. The second-order valence-electron chi connectivity index (χ2n) is 8.75. The Hall–Kier alpha value is -3.09. The number of ether oxygens (including phenoxy) is 1. The minimum Gasteiger partial charge on any atom is -0.459 e. The number of rotatable bonds is 7. The van der Waals surface area contributed by atoms with Crippen LogP contribution < -0.4 is 10.6 Å². The number of esters is 1. The molecule has 0 spiro atoms. The summed E-state index contributed by atoms with van der Waals surface area (Å²) in [6, 6.07) is 9.35. The van der Waals surface area contributed by atoms with Crippen LogP contribution in [0.5, 0.6) is 0 Å². The van der Waals surface area contributed by atoms with Gasteiger partial charge in [0, 0.05) is 11.2 Å². The molecular weight excluding hydrogens is 372 g/mol. The predicted molar refractivity (Wildman–Crippen MR) is 110 cm³/mol. The van der Waals surface area contributed by atoms with Gasteiger partial charge in [-0.15, -0.1) is 0 Å². The van der Waals surface area contributed by atoms with E-state index in [0.29, 0.717) is 5.69 Å². The number of carbonyl (C=O) groups is 3. The molecule has 0 bridgehead atoms. The van der Waals surface area contributed by atoms with Gasteiger partial charge in [0.15, 0.2) is 12.4 Å². The molecule has 2 rings (SSSR count). The van der Waals surface area contributed by atoms with Crippen LogP contribution in [-0.4, -0.2) is 29.9 Å². The molecule has 0 fully saturated rings. The number of hydrogen-bond donors (Lipinski definition) is 2. The lowest BCUT2D eigenvalue weighted by Crippen LogP contribution is -2.47. The van der Waals surface area contributed by atoms with E-state index in [4.69, 9.17) is 9.15 Å². The van der Waals surface area contributed by atoms with Crippen molar-refractivity contribution in [1.82, 2.24) is 5.32 Å². The molecule has 2 aromatic rings. The van der Waals surface area contributed by atoms with Crippen LogP contribution in [-0.2, 0) is 9.53 Å². The molecule has 2 amide bonds. The lowest BCUT2D eigenvalue weighted by molar-refractivity contribution is -0.126. The van der Waals surface area contributed by atoms with Gasteiger partial charge >= 0.3 is 5.97 Å². The molecule has 0 aliphatic carbocycles.